The van der Waals surface area contributed by atoms with Crippen molar-refractivity contribution in [2.45, 2.75) is 26.3 Å². The number of aliphatic hydroxyl groups excluding tert-OH is 1. The molecular weight excluding hydrogens is 248 g/mol. The molecule has 1 aromatic carbocycles. The molecule has 1 rings (SSSR count). The molecule has 1 aromatic rings. The number of benzene rings is 1. The number of hydrogen-bond donors (Lipinski definition) is 2. The van der Waals surface area contributed by atoms with Crippen molar-refractivity contribution in [1.29, 1.82) is 0 Å². The van der Waals surface area contributed by atoms with Gasteiger partial charge in [-0.25, -0.2) is 0 Å². The minimum Gasteiger partial charge on any atom is -0.396 e. The van der Waals surface area contributed by atoms with Crippen molar-refractivity contribution in [2.24, 2.45) is 0 Å². The Balaban J connectivity index is 2.61. The molecule has 0 bridgehead atoms. The van der Waals surface area contributed by atoms with Crippen LogP contribution in [0.1, 0.15) is 25.3 Å². The Bertz CT molecular complexity index is 358. The quantitative estimate of drug-likeness (QED) is 0.713. The third-order valence-electron chi connectivity index (χ3n) is 2.83. The molecule has 0 amide bonds. The highest BCUT2D eigenvalue weighted by Crippen LogP contribution is 2.26. The van der Waals surface area contributed by atoms with Crippen molar-refractivity contribution in [2.75, 3.05) is 31.6 Å². The molecule has 2 N–H and O–H groups in total. The average Bonchev–Trinajstić information content (AvgIpc) is 2.36. The van der Waals surface area contributed by atoms with Gasteiger partial charge in [-0.3, -0.25) is 0 Å². The highest BCUT2D eigenvalue weighted by atomic mass is 35.5. The van der Waals surface area contributed by atoms with E-state index in [1.54, 1.807) is 0 Å². The molecule has 3 nitrogen and oxygen atoms in total. The lowest BCUT2D eigenvalue weighted by atomic mass is 10.2. The first-order valence-electron chi connectivity index (χ1n) is 6.50. The van der Waals surface area contributed by atoms with Crippen LogP contribution in [0.4, 0.5) is 5.69 Å². The van der Waals surface area contributed by atoms with E-state index in [0.29, 0.717) is 0 Å². The van der Waals surface area contributed by atoms with Gasteiger partial charge >= 0.3 is 0 Å². The van der Waals surface area contributed by atoms with Gasteiger partial charge in [-0.1, -0.05) is 24.6 Å². The molecule has 0 aromatic heterocycles. The Morgan fingerprint density at radius 2 is 2.17 bits per heavy atom. The summed E-state index contributed by atoms with van der Waals surface area (Å²) in [5.74, 6) is 0. The van der Waals surface area contributed by atoms with Crippen molar-refractivity contribution in [3.63, 3.8) is 0 Å². The van der Waals surface area contributed by atoms with E-state index < -0.39 is 0 Å². The van der Waals surface area contributed by atoms with E-state index >= 15 is 0 Å². The topological polar surface area (TPSA) is 35.5 Å². The molecule has 0 saturated heterocycles. The van der Waals surface area contributed by atoms with Gasteiger partial charge in [0.25, 0.3) is 0 Å². The second-order valence-corrected chi connectivity index (χ2v) is 4.87. The summed E-state index contributed by atoms with van der Waals surface area (Å²) in [6.07, 6.45) is 1.89. The van der Waals surface area contributed by atoms with Gasteiger partial charge in [-0.2, -0.15) is 0 Å². The van der Waals surface area contributed by atoms with Crippen LogP contribution in [0.25, 0.3) is 0 Å². The number of aliphatic hydroxyl groups is 1. The Morgan fingerprint density at radius 3 is 2.78 bits per heavy atom. The number of rotatable bonds is 8. The Kier molecular flexibility index (Phi) is 7.09. The largest absolute Gasteiger partial charge is 0.396 e. The fourth-order valence-corrected chi connectivity index (χ4v) is 2.16. The van der Waals surface area contributed by atoms with Crippen LogP contribution in [0.15, 0.2) is 18.2 Å². The lowest BCUT2D eigenvalue weighted by molar-refractivity contribution is 0.290. The number of anilines is 1. The first-order chi connectivity index (χ1) is 8.69. The van der Waals surface area contributed by atoms with Crippen LogP contribution >= 0.6 is 11.6 Å². The predicted octanol–water partition coefficient (Wildman–Crippen LogP) is 2.66. The summed E-state index contributed by atoms with van der Waals surface area (Å²) in [6.45, 7) is 5.05. The second-order valence-electron chi connectivity index (χ2n) is 4.46. The van der Waals surface area contributed by atoms with Gasteiger partial charge < -0.3 is 15.3 Å². The van der Waals surface area contributed by atoms with Crippen molar-refractivity contribution in [3.05, 3.63) is 28.8 Å². The van der Waals surface area contributed by atoms with Crippen molar-refractivity contribution >= 4 is 17.3 Å². The fraction of sp³-hybridized carbons (Fsp3) is 0.571. The molecule has 0 aliphatic carbocycles. The minimum absolute atomic E-state index is 0.209. The minimum atomic E-state index is 0.209. The molecular formula is C14H23ClN2O. The van der Waals surface area contributed by atoms with E-state index in [9.17, 15) is 0 Å². The van der Waals surface area contributed by atoms with Crippen molar-refractivity contribution in [1.82, 2.24) is 5.32 Å². The van der Waals surface area contributed by atoms with Crippen molar-refractivity contribution < 1.29 is 5.11 Å². The Labute approximate surface area is 115 Å². The van der Waals surface area contributed by atoms with Crippen LogP contribution in [0.5, 0.6) is 0 Å². The Morgan fingerprint density at radius 1 is 1.39 bits per heavy atom. The highest BCUT2D eigenvalue weighted by Gasteiger charge is 2.06. The summed E-state index contributed by atoms with van der Waals surface area (Å²) in [6, 6.07) is 6.15. The van der Waals surface area contributed by atoms with Crippen LogP contribution in [0, 0.1) is 0 Å². The first-order valence-corrected chi connectivity index (χ1v) is 6.88. The molecule has 102 valence electrons. The smallest absolute Gasteiger partial charge is 0.0642 e. The number of hydrogen-bond acceptors (Lipinski definition) is 3. The zero-order valence-corrected chi connectivity index (χ0v) is 12.0. The molecule has 18 heavy (non-hydrogen) atoms. The van der Waals surface area contributed by atoms with Crippen LogP contribution < -0.4 is 10.2 Å². The van der Waals surface area contributed by atoms with Gasteiger partial charge in [0, 0.05) is 26.7 Å². The molecule has 0 heterocycles. The van der Waals surface area contributed by atoms with E-state index in [1.807, 2.05) is 19.2 Å². The summed E-state index contributed by atoms with van der Waals surface area (Å²) in [7, 11) is 1.99. The van der Waals surface area contributed by atoms with E-state index in [2.05, 4.69) is 23.2 Å². The zero-order valence-electron chi connectivity index (χ0n) is 11.2. The number of nitrogens with zero attached hydrogens (tertiary/aromatic N) is 1. The second kappa shape index (κ2) is 8.35. The van der Waals surface area contributed by atoms with Gasteiger partial charge in [-0.15, -0.1) is 0 Å². The third kappa shape index (κ3) is 4.84. The molecule has 0 aliphatic rings. The first kappa shape index (κ1) is 15.3. The number of nitrogens with one attached hydrogen (secondary N) is 1. The molecule has 0 atom stereocenters. The summed E-state index contributed by atoms with van der Waals surface area (Å²) in [5, 5.41) is 13.0. The van der Waals surface area contributed by atoms with Gasteiger partial charge in [0.1, 0.15) is 0 Å². The monoisotopic (exact) mass is 270 g/mol. The molecule has 0 aliphatic heterocycles. The van der Waals surface area contributed by atoms with Gasteiger partial charge in [0.2, 0.25) is 0 Å². The van der Waals surface area contributed by atoms with Crippen molar-refractivity contribution in [3.8, 4) is 0 Å². The summed E-state index contributed by atoms with van der Waals surface area (Å²) >= 11 is 6.28. The number of halogens is 1. The normalized spacial score (nSPS) is 10.7. The maximum absolute atomic E-state index is 8.83. The molecule has 0 spiro atoms. The van der Waals surface area contributed by atoms with E-state index in [0.717, 1.165) is 43.2 Å². The van der Waals surface area contributed by atoms with E-state index in [1.165, 1.54) is 5.56 Å². The maximum atomic E-state index is 8.83. The molecule has 0 saturated carbocycles. The maximum Gasteiger partial charge on any atom is 0.0642 e. The highest BCUT2D eigenvalue weighted by molar-refractivity contribution is 6.33. The molecule has 0 radical (unpaired) electrons. The van der Waals surface area contributed by atoms with Gasteiger partial charge in [0.05, 0.1) is 10.7 Å². The van der Waals surface area contributed by atoms with E-state index in [-0.39, 0.29) is 6.61 Å². The van der Waals surface area contributed by atoms with Crippen LogP contribution in [0.3, 0.4) is 0 Å². The standard InChI is InChI=1S/C14H23ClN2O/c1-3-7-16-11-12-5-6-14(13(15)10-12)17(2)8-4-9-18/h5-6,10,16,18H,3-4,7-9,11H2,1-2H3. The fourth-order valence-electron chi connectivity index (χ4n) is 1.81. The van der Waals surface area contributed by atoms with Gasteiger partial charge in [0.15, 0.2) is 0 Å². The van der Waals surface area contributed by atoms with E-state index in [4.69, 9.17) is 16.7 Å². The lowest BCUT2D eigenvalue weighted by Gasteiger charge is -2.20. The van der Waals surface area contributed by atoms with Gasteiger partial charge in [-0.05, 0) is 37.1 Å². The molecule has 4 heteroatoms. The zero-order chi connectivity index (χ0) is 13.4. The Hall–Kier alpha value is -0.770. The summed E-state index contributed by atoms with van der Waals surface area (Å²) < 4.78 is 0. The summed E-state index contributed by atoms with van der Waals surface area (Å²) in [4.78, 5) is 2.07. The lowest BCUT2D eigenvalue weighted by Crippen LogP contribution is -2.20. The van der Waals surface area contributed by atoms with Crippen LogP contribution in [0.2, 0.25) is 5.02 Å². The summed E-state index contributed by atoms with van der Waals surface area (Å²) in [5.41, 5.74) is 2.22. The average molecular weight is 271 g/mol. The predicted molar refractivity (Wildman–Crippen MR) is 78.4 cm³/mol. The SMILES string of the molecule is CCCNCc1ccc(N(C)CCCO)c(Cl)c1. The third-order valence-corrected chi connectivity index (χ3v) is 3.13. The van der Waals surface area contributed by atoms with Crippen LogP contribution in [-0.4, -0.2) is 31.9 Å². The molecule has 0 fully saturated rings. The van der Waals surface area contributed by atoms with Crippen LogP contribution in [-0.2, 0) is 6.54 Å². The molecule has 0 unspecified atom stereocenters.